The molecule has 1 unspecified atom stereocenters. The van der Waals surface area contributed by atoms with E-state index < -0.39 is 0 Å². The highest BCUT2D eigenvalue weighted by Crippen LogP contribution is 2.46. The molecule has 1 saturated carbocycles. The fraction of sp³-hybridized carbons (Fsp3) is 1.00. The largest absolute Gasteiger partial charge is 0.316 e. The lowest BCUT2D eigenvalue weighted by Crippen LogP contribution is -2.42. The molecule has 0 aromatic carbocycles. The van der Waals surface area contributed by atoms with E-state index >= 15 is 0 Å². The Bertz CT molecular complexity index is 223. The molecule has 0 amide bonds. The topological polar surface area (TPSA) is 15.3 Å². The van der Waals surface area contributed by atoms with E-state index in [-0.39, 0.29) is 0 Å². The van der Waals surface area contributed by atoms with Crippen molar-refractivity contribution in [3.8, 4) is 0 Å². The quantitative estimate of drug-likeness (QED) is 0.730. The smallest absolute Gasteiger partial charge is 0.00191 e. The highest BCUT2D eigenvalue weighted by atomic mass is 15.1. The number of likely N-dealkylation sites (tertiary alicyclic amines) is 1. The minimum atomic E-state index is 0.778. The third-order valence-electron chi connectivity index (χ3n) is 5.07. The summed E-state index contributed by atoms with van der Waals surface area (Å²) in [5, 5.41) is 3.55. The van der Waals surface area contributed by atoms with Crippen LogP contribution in [-0.4, -0.2) is 37.6 Å². The Morgan fingerprint density at radius 2 is 1.78 bits per heavy atom. The van der Waals surface area contributed by atoms with Crippen LogP contribution in [0.5, 0.6) is 0 Å². The van der Waals surface area contributed by atoms with E-state index in [0.29, 0.717) is 0 Å². The van der Waals surface area contributed by atoms with Crippen molar-refractivity contribution < 1.29 is 0 Å². The Labute approximate surface area is 114 Å². The number of nitrogens with one attached hydrogen (secondary N) is 1. The second kappa shape index (κ2) is 6.91. The van der Waals surface area contributed by atoms with Gasteiger partial charge in [0.25, 0.3) is 0 Å². The highest BCUT2D eigenvalue weighted by Gasteiger charge is 2.36. The van der Waals surface area contributed by atoms with Crippen molar-refractivity contribution in [1.82, 2.24) is 10.2 Å². The molecule has 1 heterocycles. The Morgan fingerprint density at radius 3 is 2.39 bits per heavy atom. The molecular formula is C16H32N2. The van der Waals surface area contributed by atoms with Gasteiger partial charge in [-0.2, -0.15) is 0 Å². The summed E-state index contributed by atoms with van der Waals surface area (Å²) in [6.07, 6.45) is 10.2. The molecule has 1 atom stereocenters. The van der Waals surface area contributed by atoms with Crippen LogP contribution in [0.2, 0.25) is 0 Å². The molecule has 2 heteroatoms. The lowest BCUT2D eigenvalue weighted by Gasteiger charge is -2.40. The van der Waals surface area contributed by atoms with Gasteiger partial charge in [-0.05, 0) is 69.6 Å². The van der Waals surface area contributed by atoms with E-state index in [2.05, 4.69) is 24.1 Å². The van der Waals surface area contributed by atoms with Crippen molar-refractivity contribution >= 4 is 0 Å². The van der Waals surface area contributed by atoms with E-state index in [0.717, 1.165) is 11.3 Å². The first-order chi connectivity index (χ1) is 8.74. The van der Waals surface area contributed by atoms with Gasteiger partial charge in [0.15, 0.2) is 0 Å². The van der Waals surface area contributed by atoms with Crippen LogP contribution >= 0.6 is 0 Å². The molecule has 2 rings (SSSR count). The molecule has 106 valence electrons. The van der Waals surface area contributed by atoms with Crippen LogP contribution in [-0.2, 0) is 0 Å². The molecule has 2 aliphatic rings. The summed E-state index contributed by atoms with van der Waals surface area (Å²) in [5.74, 6) is 0.800. The number of nitrogens with zero attached hydrogens (tertiary/aromatic N) is 1. The predicted molar refractivity (Wildman–Crippen MR) is 78.9 cm³/mol. The zero-order valence-electron chi connectivity index (χ0n) is 12.5. The molecule has 0 bridgehead atoms. The lowest BCUT2D eigenvalue weighted by atomic mass is 9.77. The number of rotatable bonds is 6. The summed E-state index contributed by atoms with van der Waals surface area (Å²) < 4.78 is 0. The average Bonchev–Trinajstić information content (AvgIpc) is 2.81. The summed E-state index contributed by atoms with van der Waals surface area (Å²) in [5.41, 5.74) is 0.778. The van der Waals surface area contributed by atoms with Gasteiger partial charge in [0.05, 0.1) is 0 Å². The third kappa shape index (κ3) is 3.96. The third-order valence-corrected chi connectivity index (χ3v) is 5.07. The van der Waals surface area contributed by atoms with Crippen LogP contribution in [0.4, 0.5) is 0 Å². The van der Waals surface area contributed by atoms with Crippen molar-refractivity contribution in [2.75, 3.05) is 32.7 Å². The first-order valence-corrected chi connectivity index (χ1v) is 8.17. The monoisotopic (exact) mass is 252 g/mol. The molecule has 1 saturated heterocycles. The van der Waals surface area contributed by atoms with E-state index in [4.69, 9.17) is 0 Å². The Balaban J connectivity index is 1.63. The summed E-state index contributed by atoms with van der Waals surface area (Å²) >= 11 is 0. The summed E-state index contributed by atoms with van der Waals surface area (Å²) in [4.78, 5) is 2.71. The maximum atomic E-state index is 3.55. The first-order valence-electron chi connectivity index (χ1n) is 8.17. The molecule has 18 heavy (non-hydrogen) atoms. The van der Waals surface area contributed by atoms with E-state index in [9.17, 15) is 0 Å². The van der Waals surface area contributed by atoms with Crippen LogP contribution in [0.25, 0.3) is 0 Å². The molecule has 2 nitrogen and oxygen atoms in total. The van der Waals surface area contributed by atoms with Crippen molar-refractivity contribution in [1.29, 1.82) is 0 Å². The van der Waals surface area contributed by atoms with E-state index in [1.807, 2.05) is 0 Å². The van der Waals surface area contributed by atoms with Gasteiger partial charge in [0.1, 0.15) is 0 Å². The van der Waals surface area contributed by atoms with Crippen LogP contribution in [0.3, 0.4) is 0 Å². The lowest BCUT2D eigenvalue weighted by molar-refractivity contribution is 0.0977. The zero-order chi connectivity index (χ0) is 12.8. The number of hydrogen-bond donors (Lipinski definition) is 1. The van der Waals surface area contributed by atoms with Gasteiger partial charge >= 0.3 is 0 Å². The van der Waals surface area contributed by atoms with Gasteiger partial charge in [0, 0.05) is 6.54 Å². The molecule has 1 spiro atoms. The van der Waals surface area contributed by atoms with Gasteiger partial charge < -0.3 is 10.2 Å². The minimum absolute atomic E-state index is 0.778. The van der Waals surface area contributed by atoms with Gasteiger partial charge in [-0.1, -0.05) is 26.7 Å². The predicted octanol–water partition coefficient (Wildman–Crippen LogP) is 3.28. The summed E-state index contributed by atoms with van der Waals surface area (Å²) in [6.45, 7) is 11.0. The van der Waals surface area contributed by atoms with Crippen molar-refractivity contribution in [3.05, 3.63) is 0 Å². The second-order valence-corrected chi connectivity index (χ2v) is 6.82. The molecule has 1 aliphatic heterocycles. The Morgan fingerprint density at radius 1 is 1.11 bits per heavy atom. The van der Waals surface area contributed by atoms with Crippen molar-refractivity contribution in [3.63, 3.8) is 0 Å². The van der Waals surface area contributed by atoms with Crippen LogP contribution in [0, 0.1) is 11.3 Å². The second-order valence-electron chi connectivity index (χ2n) is 6.82. The van der Waals surface area contributed by atoms with Gasteiger partial charge in [-0.15, -0.1) is 0 Å². The maximum absolute atomic E-state index is 3.55. The van der Waals surface area contributed by atoms with Gasteiger partial charge in [0.2, 0.25) is 0 Å². The van der Waals surface area contributed by atoms with Gasteiger partial charge in [-0.3, -0.25) is 0 Å². The Hall–Kier alpha value is -0.0800. The molecule has 1 N–H and O–H groups in total. The molecular weight excluding hydrogens is 220 g/mol. The van der Waals surface area contributed by atoms with Gasteiger partial charge in [-0.25, -0.2) is 0 Å². The van der Waals surface area contributed by atoms with Crippen molar-refractivity contribution in [2.45, 2.75) is 58.8 Å². The molecule has 1 aliphatic carbocycles. The van der Waals surface area contributed by atoms with Crippen LogP contribution in [0.1, 0.15) is 58.8 Å². The number of hydrogen-bond acceptors (Lipinski definition) is 2. The van der Waals surface area contributed by atoms with Crippen LogP contribution in [0.15, 0.2) is 0 Å². The molecule has 0 aromatic rings. The molecule has 2 fully saturated rings. The number of piperidine rings is 1. The van der Waals surface area contributed by atoms with Crippen LogP contribution < -0.4 is 5.32 Å². The maximum Gasteiger partial charge on any atom is 0.00191 e. The standard InChI is InChI=1S/C16H32N2/c1-3-10-17-13-15(2)14-18-11-8-16(9-12-18)6-4-5-7-16/h15,17H,3-14H2,1-2H3. The zero-order valence-corrected chi connectivity index (χ0v) is 12.5. The van der Waals surface area contributed by atoms with E-state index in [1.165, 1.54) is 77.7 Å². The first kappa shape index (κ1) is 14.3. The minimum Gasteiger partial charge on any atom is -0.316 e. The fourth-order valence-corrected chi connectivity index (χ4v) is 3.87. The Kier molecular flexibility index (Phi) is 5.50. The SMILES string of the molecule is CCCNCC(C)CN1CCC2(CCCC2)CC1. The average molecular weight is 252 g/mol. The fourth-order valence-electron chi connectivity index (χ4n) is 3.87. The summed E-state index contributed by atoms with van der Waals surface area (Å²) in [7, 11) is 0. The normalized spacial score (nSPS) is 25.7. The molecule has 0 radical (unpaired) electrons. The molecule has 0 aromatic heterocycles. The van der Waals surface area contributed by atoms with E-state index in [1.54, 1.807) is 0 Å². The van der Waals surface area contributed by atoms with Crippen molar-refractivity contribution in [2.24, 2.45) is 11.3 Å². The summed E-state index contributed by atoms with van der Waals surface area (Å²) in [6, 6.07) is 0. The highest BCUT2D eigenvalue weighted by molar-refractivity contribution is 4.89.